The maximum atomic E-state index is 5.26. The zero-order valence-electron chi connectivity index (χ0n) is 5.40. The van der Waals surface area contributed by atoms with Gasteiger partial charge >= 0.3 is 0 Å². The number of rotatable bonds is 2. The topological polar surface area (TPSA) is 9.23 Å². The predicted molar refractivity (Wildman–Crippen MR) is 41.4 cm³/mol. The standard InChI is InChI=1S/C7H11BrO/c8-6-9-7-4-2-1-3-5-7/h4H,1-3,5-6H2. The summed E-state index contributed by atoms with van der Waals surface area (Å²) in [5.41, 5.74) is 0.638. The molecule has 2 heteroatoms. The Bertz CT molecular complexity index is 109. The van der Waals surface area contributed by atoms with Crippen LogP contribution in [0.2, 0.25) is 0 Å². The van der Waals surface area contributed by atoms with Crippen LogP contribution in [0.5, 0.6) is 0 Å². The average molecular weight is 191 g/mol. The van der Waals surface area contributed by atoms with E-state index in [-0.39, 0.29) is 0 Å². The third-order valence-corrected chi connectivity index (χ3v) is 1.72. The van der Waals surface area contributed by atoms with Gasteiger partial charge in [0, 0.05) is 6.42 Å². The molecule has 0 aromatic rings. The molecule has 0 radical (unpaired) electrons. The normalized spacial score (nSPS) is 19.0. The maximum absolute atomic E-state index is 5.26. The highest BCUT2D eigenvalue weighted by molar-refractivity contribution is 9.09. The summed E-state index contributed by atoms with van der Waals surface area (Å²) in [4.78, 5) is 0. The minimum absolute atomic E-state index is 0.638. The number of hydrogen-bond acceptors (Lipinski definition) is 1. The van der Waals surface area contributed by atoms with Crippen LogP contribution < -0.4 is 0 Å². The van der Waals surface area contributed by atoms with E-state index in [2.05, 4.69) is 22.0 Å². The van der Waals surface area contributed by atoms with Crippen LogP contribution in [0.4, 0.5) is 0 Å². The largest absolute Gasteiger partial charge is 0.487 e. The van der Waals surface area contributed by atoms with Gasteiger partial charge in [0.05, 0.1) is 5.76 Å². The van der Waals surface area contributed by atoms with Crippen LogP contribution >= 0.6 is 15.9 Å². The monoisotopic (exact) mass is 190 g/mol. The number of alkyl halides is 1. The maximum Gasteiger partial charge on any atom is 0.142 e. The van der Waals surface area contributed by atoms with E-state index in [1.165, 1.54) is 19.3 Å². The van der Waals surface area contributed by atoms with Gasteiger partial charge in [-0.2, -0.15) is 0 Å². The van der Waals surface area contributed by atoms with Gasteiger partial charge in [-0.25, -0.2) is 0 Å². The van der Waals surface area contributed by atoms with Crippen molar-refractivity contribution in [3.05, 3.63) is 11.8 Å². The molecule has 0 aromatic heterocycles. The lowest BCUT2D eigenvalue weighted by atomic mass is 10.1. The molecule has 9 heavy (non-hydrogen) atoms. The fraction of sp³-hybridized carbons (Fsp3) is 0.714. The van der Waals surface area contributed by atoms with Crippen molar-refractivity contribution in [3.63, 3.8) is 0 Å². The Labute approximate surface area is 64.2 Å². The smallest absolute Gasteiger partial charge is 0.142 e. The van der Waals surface area contributed by atoms with Gasteiger partial charge in [0.1, 0.15) is 5.52 Å². The van der Waals surface area contributed by atoms with Crippen molar-refractivity contribution in [1.29, 1.82) is 0 Å². The minimum atomic E-state index is 0.638. The van der Waals surface area contributed by atoms with Crippen molar-refractivity contribution in [2.45, 2.75) is 25.7 Å². The number of halogens is 1. The van der Waals surface area contributed by atoms with Crippen LogP contribution in [-0.2, 0) is 4.74 Å². The van der Waals surface area contributed by atoms with Crippen molar-refractivity contribution < 1.29 is 4.74 Å². The molecule has 0 atom stereocenters. The SMILES string of the molecule is BrCOC1=CCCCC1. The van der Waals surface area contributed by atoms with Crippen molar-refractivity contribution in [1.82, 2.24) is 0 Å². The van der Waals surface area contributed by atoms with Crippen molar-refractivity contribution in [3.8, 4) is 0 Å². The molecule has 0 bridgehead atoms. The highest BCUT2D eigenvalue weighted by atomic mass is 79.9. The molecule has 0 saturated heterocycles. The molecule has 0 aromatic carbocycles. The first-order chi connectivity index (χ1) is 4.43. The van der Waals surface area contributed by atoms with Crippen LogP contribution in [0.15, 0.2) is 11.8 Å². The molecule has 0 unspecified atom stereocenters. The fourth-order valence-electron chi connectivity index (χ4n) is 1.01. The summed E-state index contributed by atoms with van der Waals surface area (Å²) in [5, 5.41) is 0. The Morgan fingerprint density at radius 1 is 1.56 bits per heavy atom. The van der Waals surface area contributed by atoms with Gasteiger partial charge < -0.3 is 4.74 Å². The molecule has 1 aliphatic carbocycles. The second-order valence-electron chi connectivity index (χ2n) is 2.17. The molecule has 1 nitrogen and oxygen atoms in total. The third-order valence-electron chi connectivity index (χ3n) is 1.49. The van der Waals surface area contributed by atoms with Gasteiger partial charge in [-0.05, 0) is 41.3 Å². The molecule has 0 fully saturated rings. The van der Waals surface area contributed by atoms with Gasteiger partial charge in [0.25, 0.3) is 0 Å². The average Bonchev–Trinajstić information content (AvgIpc) is 1.91. The van der Waals surface area contributed by atoms with Crippen LogP contribution in [0.1, 0.15) is 25.7 Å². The van der Waals surface area contributed by atoms with Crippen molar-refractivity contribution in [2.24, 2.45) is 0 Å². The highest BCUT2D eigenvalue weighted by Crippen LogP contribution is 2.18. The lowest BCUT2D eigenvalue weighted by molar-refractivity contribution is 0.253. The summed E-state index contributed by atoms with van der Waals surface area (Å²) in [6.07, 6.45) is 7.13. The molecule has 1 rings (SSSR count). The summed E-state index contributed by atoms with van der Waals surface area (Å²) in [6.45, 7) is 0. The van der Waals surface area contributed by atoms with Gasteiger partial charge in [-0.1, -0.05) is 0 Å². The molecular weight excluding hydrogens is 180 g/mol. The van der Waals surface area contributed by atoms with E-state index < -0.39 is 0 Å². The first-order valence-corrected chi connectivity index (χ1v) is 4.43. The summed E-state index contributed by atoms with van der Waals surface area (Å²) < 4.78 is 5.26. The van der Waals surface area contributed by atoms with Crippen LogP contribution in [0.25, 0.3) is 0 Å². The molecule has 0 heterocycles. The molecule has 0 amide bonds. The predicted octanol–water partition coefficient (Wildman–Crippen LogP) is 2.81. The van der Waals surface area contributed by atoms with E-state index in [9.17, 15) is 0 Å². The van der Waals surface area contributed by atoms with E-state index in [0.717, 1.165) is 12.2 Å². The Morgan fingerprint density at radius 2 is 2.44 bits per heavy atom. The number of hydrogen-bond donors (Lipinski definition) is 0. The van der Waals surface area contributed by atoms with Crippen LogP contribution in [-0.4, -0.2) is 5.52 Å². The fourth-order valence-corrected chi connectivity index (χ4v) is 1.30. The molecule has 0 spiro atoms. The van der Waals surface area contributed by atoms with Gasteiger partial charge in [0.15, 0.2) is 0 Å². The summed E-state index contributed by atoms with van der Waals surface area (Å²) in [7, 11) is 0. The lowest BCUT2D eigenvalue weighted by Gasteiger charge is -2.11. The second kappa shape index (κ2) is 3.94. The minimum Gasteiger partial charge on any atom is -0.487 e. The number of allylic oxidation sites excluding steroid dienone is 2. The molecule has 52 valence electrons. The zero-order valence-corrected chi connectivity index (χ0v) is 6.99. The van der Waals surface area contributed by atoms with E-state index in [1.54, 1.807) is 0 Å². The zero-order chi connectivity index (χ0) is 6.53. The lowest BCUT2D eigenvalue weighted by Crippen LogP contribution is -1.94. The quantitative estimate of drug-likeness (QED) is 0.609. The molecular formula is C7H11BrO. The van der Waals surface area contributed by atoms with Crippen molar-refractivity contribution in [2.75, 3.05) is 5.52 Å². The Hall–Kier alpha value is 0.0200. The van der Waals surface area contributed by atoms with E-state index in [0.29, 0.717) is 5.52 Å². The third kappa shape index (κ3) is 2.39. The Morgan fingerprint density at radius 3 is 3.00 bits per heavy atom. The van der Waals surface area contributed by atoms with E-state index in [1.807, 2.05) is 0 Å². The van der Waals surface area contributed by atoms with E-state index in [4.69, 9.17) is 4.74 Å². The summed E-state index contributed by atoms with van der Waals surface area (Å²) >= 11 is 3.22. The Balaban J connectivity index is 2.28. The van der Waals surface area contributed by atoms with Crippen molar-refractivity contribution >= 4 is 15.9 Å². The Kier molecular flexibility index (Phi) is 3.12. The molecule has 0 saturated carbocycles. The first kappa shape index (κ1) is 7.13. The highest BCUT2D eigenvalue weighted by Gasteiger charge is 2.02. The molecule has 0 N–H and O–H groups in total. The van der Waals surface area contributed by atoms with Crippen LogP contribution in [0.3, 0.4) is 0 Å². The molecule has 0 aliphatic heterocycles. The van der Waals surface area contributed by atoms with E-state index >= 15 is 0 Å². The summed E-state index contributed by atoms with van der Waals surface area (Å²) in [5.74, 6) is 1.16. The summed E-state index contributed by atoms with van der Waals surface area (Å²) in [6, 6.07) is 0. The van der Waals surface area contributed by atoms with Gasteiger partial charge in [0.2, 0.25) is 0 Å². The molecule has 1 aliphatic rings. The van der Waals surface area contributed by atoms with Crippen LogP contribution in [0, 0.1) is 0 Å². The number of ether oxygens (including phenoxy) is 1. The first-order valence-electron chi connectivity index (χ1n) is 3.31. The van der Waals surface area contributed by atoms with Gasteiger partial charge in [-0.3, -0.25) is 0 Å². The van der Waals surface area contributed by atoms with Gasteiger partial charge in [-0.15, -0.1) is 0 Å². The second-order valence-corrected chi connectivity index (χ2v) is 2.63.